The van der Waals surface area contributed by atoms with Gasteiger partial charge in [0.15, 0.2) is 0 Å². The minimum Gasteiger partial charge on any atom is -0.378 e. The summed E-state index contributed by atoms with van der Waals surface area (Å²) in [6.07, 6.45) is 1.60. The molecule has 1 heterocycles. The summed E-state index contributed by atoms with van der Waals surface area (Å²) >= 11 is 0. The van der Waals surface area contributed by atoms with E-state index >= 15 is 0 Å². The van der Waals surface area contributed by atoms with Crippen molar-refractivity contribution in [3.63, 3.8) is 0 Å². The molecule has 1 fully saturated rings. The molecule has 0 saturated carbocycles. The van der Waals surface area contributed by atoms with Crippen molar-refractivity contribution < 1.29 is 9.59 Å². The third kappa shape index (κ3) is 2.99. The summed E-state index contributed by atoms with van der Waals surface area (Å²) in [4.78, 5) is 25.9. The van der Waals surface area contributed by atoms with Crippen LogP contribution in [0.15, 0.2) is 29.8 Å². The zero-order valence-electron chi connectivity index (χ0n) is 12.2. The molecule has 106 valence electrons. The van der Waals surface area contributed by atoms with Crippen LogP contribution >= 0.6 is 0 Å². The van der Waals surface area contributed by atoms with Gasteiger partial charge in [0.1, 0.15) is 11.2 Å². The highest BCUT2D eigenvalue weighted by atomic mass is 16.2. The van der Waals surface area contributed by atoms with Crippen LogP contribution in [0.4, 0.5) is 5.69 Å². The lowest BCUT2D eigenvalue weighted by Crippen LogP contribution is -2.62. The Bertz CT molecular complexity index is 549. The molecule has 20 heavy (non-hydrogen) atoms. The lowest BCUT2D eigenvalue weighted by Gasteiger charge is -2.32. The van der Waals surface area contributed by atoms with Crippen molar-refractivity contribution in [3.05, 3.63) is 35.4 Å². The monoisotopic (exact) mass is 273 g/mol. The first-order valence-electron chi connectivity index (χ1n) is 6.42. The highest BCUT2D eigenvalue weighted by molar-refractivity contribution is 6.23. The molecule has 1 saturated heterocycles. The number of nitrogens with one attached hydrogen (secondary N) is 2. The van der Waals surface area contributed by atoms with Crippen LogP contribution in [0.3, 0.4) is 0 Å². The van der Waals surface area contributed by atoms with Crippen LogP contribution < -0.4 is 15.5 Å². The fourth-order valence-corrected chi connectivity index (χ4v) is 2.00. The molecule has 0 aromatic heterocycles. The second-order valence-electron chi connectivity index (χ2n) is 5.58. The summed E-state index contributed by atoms with van der Waals surface area (Å²) in [5.41, 5.74) is 1.30. The van der Waals surface area contributed by atoms with Crippen molar-refractivity contribution >= 4 is 23.6 Å². The molecule has 1 aliphatic rings. The van der Waals surface area contributed by atoms with Crippen LogP contribution in [-0.2, 0) is 9.59 Å². The van der Waals surface area contributed by atoms with E-state index in [0.29, 0.717) is 0 Å². The molecule has 0 bridgehead atoms. The van der Waals surface area contributed by atoms with Crippen molar-refractivity contribution in [2.75, 3.05) is 19.0 Å². The number of anilines is 1. The average molecular weight is 273 g/mol. The Labute approximate surface area is 118 Å². The Balaban J connectivity index is 2.26. The quantitative estimate of drug-likeness (QED) is 0.627. The van der Waals surface area contributed by atoms with E-state index in [1.54, 1.807) is 19.9 Å². The fourth-order valence-electron chi connectivity index (χ4n) is 2.00. The second kappa shape index (κ2) is 5.00. The van der Waals surface area contributed by atoms with Gasteiger partial charge in [0.25, 0.3) is 11.8 Å². The summed E-state index contributed by atoms with van der Waals surface area (Å²) in [5.74, 6) is -0.703. The van der Waals surface area contributed by atoms with Crippen LogP contribution in [0.5, 0.6) is 0 Å². The number of carbonyl (C=O) groups is 2. The molecular formula is C15H19N3O2. The highest BCUT2D eigenvalue weighted by Gasteiger charge is 2.33. The Hall–Kier alpha value is -2.30. The van der Waals surface area contributed by atoms with Crippen molar-refractivity contribution in [1.29, 1.82) is 0 Å². The molecule has 2 N–H and O–H groups in total. The number of rotatable bonds is 2. The number of benzene rings is 1. The van der Waals surface area contributed by atoms with E-state index in [9.17, 15) is 9.59 Å². The molecule has 1 aromatic rings. The molecule has 5 heteroatoms. The van der Waals surface area contributed by atoms with Gasteiger partial charge in [-0.2, -0.15) is 0 Å². The molecular weight excluding hydrogens is 254 g/mol. The first-order valence-corrected chi connectivity index (χ1v) is 6.42. The van der Waals surface area contributed by atoms with E-state index in [4.69, 9.17) is 0 Å². The largest absolute Gasteiger partial charge is 0.378 e. The molecule has 0 atom stereocenters. The number of hydrogen-bond donors (Lipinski definition) is 2. The summed E-state index contributed by atoms with van der Waals surface area (Å²) in [7, 11) is 3.91. The fraction of sp³-hybridized carbons (Fsp3) is 0.333. The van der Waals surface area contributed by atoms with Gasteiger partial charge in [0.05, 0.1) is 0 Å². The van der Waals surface area contributed by atoms with E-state index in [2.05, 4.69) is 10.6 Å². The number of carbonyl (C=O) groups excluding carboxylic acids is 2. The molecule has 5 nitrogen and oxygen atoms in total. The normalized spacial score (nSPS) is 17.3. The first-order chi connectivity index (χ1) is 9.28. The van der Waals surface area contributed by atoms with Crippen LogP contribution in [0.25, 0.3) is 6.08 Å². The van der Waals surface area contributed by atoms with Crippen LogP contribution in [0.1, 0.15) is 19.4 Å². The van der Waals surface area contributed by atoms with Gasteiger partial charge in [-0.05, 0) is 37.6 Å². The van der Waals surface area contributed by atoms with Crippen molar-refractivity contribution in [3.8, 4) is 0 Å². The molecule has 0 radical (unpaired) electrons. The summed E-state index contributed by atoms with van der Waals surface area (Å²) < 4.78 is 0. The Morgan fingerprint density at radius 2 is 1.50 bits per heavy atom. The second-order valence-corrected chi connectivity index (χ2v) is 5.58. The van der Waals surface area contributed by atoms with Gasteiger partial charge in [-0.15, -0.1) is 0 Å². The maximum Gasteiger partial charge on any atom is 0.258 e. The van der Waals surface area contributed by atoms with E-state index in [-0.39, 0.29) is 17.4 Å². The summed E-state index contributed by atoms with van der Waals surface area (Å²) in [5, 5.41) is 5.48. The zero-order chi connectivity index (χ0) is 14.9. The molecule has 1 aromatic carbocycles. The number of nitrogens with zero attached hydrogens (tertiary/aromatic N) is 1. The van der Waals surface area contributed by atoms with Gasteiger partial charge >= 0.3 is 0 Å². The smallest absolute Gasteiger partial charge is 0.258 e. The van der Waals surface area contributed by atoms with Crippen LogP contribution in [-0.4, -0.2) is 31.6 Å². The van der Waals surface area contributed by atoms with E-state index in [1.165, 1.54) is 0 Å². The highest BCUT2D eigenvalue weighted by Crippen LogP contribution is 2.17. The van der Waals surface area contributed by atoms with Crippen molar-refractivity contribution in [1.82, 2.24) is 10.6 Å². The maximum absolute atomic E-state index is 12.0. The van der Waals surface area contributed by atoms with Crippen molar-refractivity contribution in [2.45, 2.75) is 19.5 Å². The standard InChI is InChI=1S/C15H19N3O2/c1-15(2)16-13(19)12(14(20)17-15)9-10-5-7-11(8-6-10)18(3)4/h5-9H,1-4H3,(H,16,19)(H,17,20). The van der Waals surface area contributed by atoms with E-state index < -0.39 is 5.66 Å². The van der Waals surface area contributed by atoms with E-state index in [1.807, 2.05) is 43.3 Å². The predicted octanol–water partition coefficient (Wildman–Crippen LogP) is 1.12. The number of hydrogen-bond acceptors (Lipinski definition) is 3. The minimum absolute atomic E-state index is 0.127. The third-order valence-electron chi connectivity index (χ3n) is 3.06. The van der Waals surface area contributed by atoms with Gasteiger partial charge in [0.2, 0.25) is 0 Å². The molecule has 2 amide bonds. The first kappa shape index (κ1) is 14.1. The van der Waals surface area contributed by atoms with Crippen molar-refractivity contribution in [2.24, 2.45) is 0 Å². The molecule has 2 rings (SSSR count). The molecule has 0 unspecified atom stereocenters. The van der Waals surface area contributed by atoms with Gasteiger partial charge in [0, 0.05) is 19.8 Å². The molecule has 1 aliphatic heterocycles. The Morgan fingerprint density at radius 1 is 1.00 bits per heavy atom. The third-order valence-corrected chi connectivity index (χ3v) is 3.06. The minimum atomic E-state index is -0.708. The van der Waals surface area contributed by atoms with Gasteiger partial charge in [-0.1, -0.05) is 12.1 Å². The molecule has 0 spiro atoms. The summed E-state index contributed by atoms with van der Waals surface area (Å²) in [6.45, 7) is 3.48. The Morgan fingerprint density at radius 3 is 1.95 bits per heavy atom. The number of amides is 2. The molecule has 0 aliphatic carbocycles. The zero-order valence-corrected chi connectivity index (χ0v) is 12.2. The lowest BCUT2D eigenvalue weighted by molar-refractivity contribution is -0.129. The maximum atomic E-state index is 12.0. The lowest BCUT2D eigenvalue weighted by atomic mass is 10.0. The average Bonchev–Trinajstić information content (AvgIpc) is 2.33. The van der Waals surface area contributed by atoms with Gasteiger partial charge < -0.3 is 15.5 Å². The predicted molar refractivity (Wildman–Crippen MR) is 79.1 cm³/mol. The van der Waals surface area contributed by atoms with E-state index in [0.717, 1.165) is 11.3 Å². The van der Waals surface area contributed by atoms with Crippen LogP contribution in [0.2, 0.25) is 0 Å². The Kier molecular flexibility index (Phi) is 3.53. The summed E-state index contributed by atoms with van der Waals surface area (Å²) in [6, 6.07) is 7.63. The van der Waals surface area contributed by atoms with Gasteiger partial charge in [-0.25, -0.2) is 0 Å². The topological polar surface area (TPSA) is 61.4 Å². The van der Waals surface area contributed by atoms with Gasteiger partial charge in [-0.3, -0.25) is 9.59 Å². The van der Waals surface area contributed by atoms with Crippen LogP contribution in [0, 0.1) is 0 Å². The SMILES string of the molecule is CN(C)c1ccc(C=C2C(=O)NC(C)(C)NC2=O)cc1.